The van der Waals surface area contributed by atoms with E-state index in [2.05, 4.69) is 0 Å². The quantitative estimate of drug-likeness (QED) is 0.913. The van der Waals surface area contributed by atoms with Crippen molar-refractivity contribution in [2.75, 3.05) is 11.9 Å². The van der Waals surface area contributed by atoms with Gasteiger partial charge in [-0.2, -0.15) is 0 Å². The van der Waals surface area contributed by atoms with Crippen LogP contribution in [0.4, 0.5) is 10.1 Å². The highest BCUT2D eigenvalue weighted by Crippen LogP contribution is 2.32. The summed E-state index contributed by atoms with van der Waals surface area (Å²) in [6.45, 7) is 1.87. The van der Waals surface area contributed by atoms with Gasteiger partial charge in [-0.1, -0.05) is 18.2 Å². The third kappa shape index (κ3) is 2.40. The first-order valence-electron chi connectivity index (χ1n) is 5.79. The third-order valence-electron chi connectivity index (χ3n) is 3.13. The van der Waals surface area contributed by atoms with Gasteiger partial charge in [0, 0.05) is 17.5 Å². The van der Waals surface area contributed by atoms with Gasteiger partial charge in [0.25, 0.3) is 0 Å². The Morgan fingerprint density at radius 2 is 2.11 bits per heavy atom. The molecule has 2 nitrogen and oxygen atoms in total. The molecule has 0 aliphatic heterocycles. The van der Waals surface area contributed by atoms with Crippen LogP contribution in [0, 0.1) is 5.82 Å². The number of aliphatic hydroxyl groups is 1. The van der Waals surface area contributed by atoms with Gasteiger partial charge in [-0.25, -0.2) is 4.39 Å². The lowest BCUT2D eigenvalue weighted by atomic mass is 10.1. The topological polar surface area (TPSA) is 23.5 Å². The Hall–Kier alpha value is -1.39. The smallest absolute Gasteiger partial charge is 0.146 e. The zero-order valence-electron chi connectivity index (χ0n) is 10.4. The fourth-order valence-electron chi connectivity index (χ4n) is 2.00. The number of thiophene rings is 1. The summed E-state index contributed by atoms with van der Waals surface area (Å²) >= 11 is 1.65. The van der Waals surface area contributed by atoms with E-state index >= 15 is 0 Å². The van der Waals surface area contributed by atoms with Gasteiger partial charge in [-0.05, 0) is 24.4 Å². The van der Waals surface area contributed by atoms with Crippen molar-refractivity contribution in [3.63, 3.8) is 0 Å². The summed E-state index contributed by atoms with van der Waals surface area (Å²) in [5.74, 6) is -0.299. The second-order valence-electron chi connectivity index (χ2n) is 4.21. The van der Waals surface area contributed by atoms with Crippen molar-refractivity contribution in [2.45, 2.75) is 19.6 Å². The molecule has 0 fully saturated rings. The fourth-order valence-corrected chi connectivity index (χ4v) is 2.82. The molecule has 18 heavy (non-hydrogen) atoms. The lowest BCUT2D eigenvalue weighted by Crippen LogP contribution is -2.23. The molecule has 1 N–H and O–H groups in total. The minimum atomic E-state index is -0.299. The molecule has 0 aliphatic rings. The highest BCUT2D eigenvalue weighted by molar-refractivity contribution is 7.10. The summed E-state index contributed by atoms with van der Waals surface area (Å²) in [6.07, 6.45) is 0. The van der Waals surface area contributed by atoms with E-state index in [9.17, 15) is 9.50 Å². The van der Waals surface area contributed by atoms with E-state index in [4.69, 9.17) is 0 Å². The minimum Gasteiger partial charge on any atom is -0.392 e. The normalized spacial score (nSPS) is 12.4. The SMILES string of the molecule is CC(c1cccs1)N(C)c1c(F)cccc1CO. The molecule has 0 spiro atoms. The van der Waals surface area contributed by atoms with Gasteiger partial charge in [0.15, 0.2) is 0 Å². The van der Waals surface area contributed by atoms with E-state index < -0.39 is 0 Å². The second-order valence-corrected chi connectivity index (χ2v) is 5.19. The number of benzene rings is 1. The number of hydrogen-bond acceptors (Lipinski definition) is 3. The standard InChI is InChI=1S/C14H16FNOS/c1-10(13-7-4-8-18-13)16(2)14-11(9-17)5-3-6-12(14)15/h3-8,10,17H,9H2,1-2H3. The van der Waals surface area contributed by atoms with E-state index in [1.54, 1.807) is 23.5 Å². The van der Waals surface area contributed by atoms with Crippen molar-refractivity contribution < 1.29 is 9.50 Å². The first-order chi connectivity index (χ1) is 8.65. The number of rotatable bonds is 4. The molecule has 1 aromatic heterocycles. The molecule has 1 aromatic carbocycles. The molecule has 0 radical (unpaired) electrons. The van der Waals surface area contributed by atoms with E-state index in [1.807, 2.05) is 36.4 Å². The molecule has 1 atom stereocenters. The van der Waals surface area contributed by atoms with Crippen LogP contribution >= 0.6 is 11.3 Å². The Morgan fingerprint density at radius 3 is 2.72 bits per heavy atom. The zero-order valence-corrected chi connectivity index (χ0v) is 11.2. The van der Waals surface area contributed by atoms with Gasteiger partial charge in [-0.15, -0.1) is 11.3 Å². The summed E-state index contributed by atoms with van der Waals surface area (Å²) in [6, 6.07) is 8.88. The second kappa shape index (κ2) is 5.50. The third-order valence-corrected chi connectivity index (χ3v) is 4.17. The maximum atomic E-state index is 13.9. The summed E-state index contributed by atoms with van der Waals surface area (Å²) in [5.41, 5.74) is 1.09. The van der Waals surface area contributed by atoms with Gasteiger partial charge >= 0.3 is 0 Å². The Balaban J connectivity index is 2.36. The van der Waals surface area contributed by atoms with Crippen molar-refractivity contribution in [1.29, 1.82) is 0 Å². The Kier molecular flexibility index (Phi) is 3.99. The average molecular weight is 265 g/mol. The highest BCUT2D eigenvalue weighted by atomic mass is 32.1. The summed E-state index contributed by atoms with van der Waals surface area (Å²) in [7, 11) is 1.85. The molecule has 0 amide bonds. The van der Waals surface area contributed by atoms with Gasteiger partial charge in [0.05, 0.1) is 18.3 Å². The molecule has 0 saturated carbocycles. The lowest BCUT2D eigenvalue weighted by Gasteiger charge is -2.28. The lowest BCUT2D eigenvalue weighted by molar-refractivity contribution is 0.281. The molecule has 2 aromatic rings. The van der Waals surface area contributed by atoms with Crippen LogP contribution < -0.4 is 4.90 Å². The van der Waals surface area contributed by atoms with Crippen LogP contribution in [0.3, 0.4) is 0 Å². The number of para-hydroxylation sites is 1. The van der Waals surface area contributed by atoms with E-state index in [-0.39, 0.29) is 18.5 Å². The van der Waals surface area contributed by atoms with Crippen LogP contribution in [-0.2, 0) is 6.61 Å². The fraction of sp³-hybridized carbons (Fsp3) is 0.286. The number of aliphatic hydroxyl groups excluding tert-OH is 1. The predicted molar refractivity (Wildman–Crippen MR) is 73.5 cm³/mol. The monoisotopic (exact) mass is 265 g/mol. The number of hydrogen-bond donors (Lipinski definition) is 1. The van der Waals surface area contributed by atoms with Crippen LogP contribution in [0.5, 0.6) is 0 Å². The van der Waals surface area contributed by atoms with Gasteiger partial charge < -0.3 is 10.0 Å². The maximum Gasteiger partial charge on any atom is 0.146 e. The van der Waals surface area contributed by atoms with Crippen molar-refractivity contribution in [1.82, 2.24) is 0 Å². The molecular formula is C14H16FNOS. The van der Waals surface area contributed by atoms with E-state index in [0.29, 0.717) is 11.3 Å². The van der Waals surface area contributed by atoms with Crippen molar-refractivity contribution >= 4 is 17.0 Å². The number of halogens is 1. The predicted octanol–water partition coefficient (Wildman–Crippen LogP) is 3.58. The molecule has 0 bridgehead atoms. The number of anilines is 1. The molecule has 0 saturated heterocycles. The van der Waals surface area contributed by atoms with Crippen LogP contribution in [0.1, 0.15) is 23.4 Å². The average Bonchev–Trinajstić information content (AvgIpc) is 2.90. The number of nitrogens with zero attached hydrogens (tertiary/aromatic N) is 1. The molecule has 2 rings (SSSR count). The van der Waals surface area contributed by atoms with Crippen LogP contribution in [0.15, 0.2) is 35.7 Å². The molecule has 1 heterocycles. The summed E-state index contributed by atoms with van der Waals surface area (Å²) in [4.78, 5) is 3.04. The van der Waals surface area contributed by atoms with Crippen LogP contribution in [0.2, 0.25) is 0 Å². The minimum absolute atomic E-state index is 0.0761. The highest BCUT2D eigenvalue weighted by Gasteiger charge is 2.19. The summed E-state index contributed by atoms with van der Waals surface area (Å²) in [5, 5.41) is 11.3. The largest absolute Gasteiger partial charge is 0.392 e. The maximum absolute atomic E-state index is 13.9. The van der Waals surface area contributed by atoms with Gasteiger partial charge in [0.1, 0.15) is 5.82 Å². The van der Waals surface area contributed by atoms with Gasteiger partial charge in [-0.3, -0.25) is 0 Å². The Labute approximate surface area is 110 Å². The van der Waals surface area contributed by atoms with Crippen LogP contribution in [0.25, 0.3) is 0 Å². The zero-order chi connectivity index (χ0) is 13.1. The van der Waals surface area contributed by atoms with E-state index in [0.717, 1.165) is 0 Å². The molecular weight excluding hydrogens is 249 g/mol. The van der Waals surface area contributed by atoms with Gasteiger partial charge in [0.2, 0.25) is 0 Å². The Bertz CT molecular complexity index is 513. The van der Waals surface area contributed by atoms with E-state index in [1.165, 1.54) is 10.9 Å². The van der Waals surface area contributed by atoms with Crippen molar-refractivity contribution in [2.24, 2.45) is 0 Å². The van der Waals surface area contributed by atoms with Crippen LogP contribution in [-0.4, -0.2) is 12.2 Å². The first kappa shape index (κ1) is 13.1. The Morgan fingerprint density at radius 1 is 1.33 bits per heavy atom. The molecule has 4 heteroatoms. The summed E-state index contributed by atoms with van der Waals surface area (Å²) < 4.78 is 13.9. The van der Waals surface area contributed by atoms with Crippen molar-refractivity contribution in [3.8, 4) is 0 Å². The first-order valence-corrected chi connectivity index (χ1v) is 6.67. The molecule has 1 unspecified atom stereocenters. The molecule has 96 valence electrons. The molecule has 0 aliphatic carbocycles. The van der Waals surface area contributed by atoms with Crippen molar-refractivity contribution in [3.05, 3.63) is 52.0 Å².